The van der Waals surface area contributed by atoms with Crippen molar-refractivity contribution < 1.29 is 14.2 Å². The van der Waals surface area contributed by atoms with E-state index in [1.807, 2.05) is 13.0 Å². The van der Waals surface area contributed by atoms with Gasteiger partial charge in [0.1, 0.15) is 0 Å². The molecule has 1 aliphatic rings. The molecule has 4 nitrogen and oxygen atoms in total. The van der Waals surface area contributed by atoms with E-state index in [1.165, 1.54) is 18.4 Å². The average Bonchev–Trinajstić information content (AvgIpc) is 3.00. The number of nitrogens with one attached hydrogen (secondary N) is 1. The Morgan fingerprint density at radius 3 is 2.86 bits per heavy atom. The third-order valence-corrected chi connectivity index (χ3v) is 3.49. The van der Waals surface area contributed by atoms with Gasteiger partial charge in [0.05, 0.1) is 19.3 Å². The van der Waals surface area contributed by atoms with E-state index in [2.05, 4.69) is 24.4 Å². The smallest absolute Gasteiger partial charge is 0.161 e. The lowest BCUT2D eigenvalue weighted by Crippen LogP contribution is -2.25. The highest BCUT2D eigenvalue weighted by molar-refractivity contribution is 5.43. The van der Waals surface area contributed by atoms with Crippen LogP contribution in [0, 0.1) is 0 Å². The molecule has 0 aliphatic carbocycles. The van der Waals surface area contributed by atoms with Crippen LogP contribution in [0.3, 0.4) is 0 Å². The lowest BCUT2D eigenvalue weighted by atomic mass is 10.2. The minimum atomic E-state index is 0.378. The molecule has 21 heavy (non-hydrogen) atoms. The van der Waals surface area contributed by atoms with Crippen molar-refractivity contribution in [2.24, 2.45) is 0 Å². The summed E-state index contributed by atoms with van der Waals surface area (Å²) in [7, 11) is 0. The van der Waals surface area contributed by atoms with Gasteiger partial charge in [-0.2, -0.15) is 0 Å². The Bertz CT molecular complexity index is 416. The lowest BCUT2D eigenvalue weighted by molar-refractivity contribution is 0.110. The molecule has 4 heteroatoms. The summed E-state index contributed by atoms with van der Waals surface area (Å²) in [5.41, 5.74) is 1.21. The molecule has 1 aromatic carbocycles. The molecular formula is C17H27NO3. The van der Waals surface area contributed by atoms with Crippen LogP contribution in [0.2, 0.25) is 0 Å². The van der Waals surface area contributed by atoms with Gasteiger partial charge in [0.15, 0.2) is 11.5 Å². The molecule has 1 heterocycles. The van der Waals surface area contributed by atoms with Gasteiger partial charge < -0.3 is 19.5 Å². The van der Waals surface area contributed by atoms with Crippen LogP contribution in [0.5, 0.6) is 11.5 Å². The molecule has 1 saturated heterocycles. The van der Waals surface area contributed by atoms with Crippen LogP contribution < -0.4 is 14.8 Å². The molecular weight excluding hydrogens is 266 g/mol. The van der Waals surface area contributed by atoms with E-state index in [1.54, 1.807) is 0 Å². The Labute approximate surface area is 127 Å². The Kier molecular flexibility index (Phi) is 6.83. The first-order chi connectivity index (χ1) is 10.3. The number of ether oxygens (including phenoxy) is 3. The second-order valence-corrected chi connectivity index (χ2v) is 5.33. The van der Waals surface area contributed by atoms with Gasteiger partial charge in [0.25, 0.3) is 0 Å². The fourth-order valence-corrected chi connectivity index (χ4v) is 2.44. The summed E-state index contributed by atoms with van der Waals surface area (Å²) in [5, 5.41) is 3.45. The Hall–Kier alpha value is -1.26. The fraction of sp³-hybridized carbons (Fsp3) is 0.647. The van der Waals surface area contributed by atoms with Gasteiger partial charge in [-0.15, -0.1) is 0 Å². The van der Waals surface area contributed by atoms with E-state index in [9.17, 15) is 0 Å². The van der Waals surface area contributed by atoms with Gasteiger partial charge in [-0.3, -0.25) is 0 Å². The van der Waals surface area contributed by atoms with Crippen LogP contribution in [0.4, 0.5) is 0 Å². The Morgan fingerprint density at radius 1 is 1.24 bits per heavy atom. The van der Waals surface area contributed by atoms with Gasteiger partial charge >= 0.3 is 0 Å². The SMILES string of the molecule is CCCOc1ccc(CNCC2CCCO2)cc1OCC. The molecule has 1 N–H and O–H groups in total. The lowest BCUT2D eigenvalue weighted by Gasteiger charge is -2.14. The normalized spacial score (nSPS) is 17.9. The van der Waals surface area contributed by atoms with Gasteiger partial charge in [0, 0.05) is 19.7 Å². The van der Waals surface area contributed by atoms with Gasteiger partial charge in [-0.05, 0) is 43.9 Å². The zero-order valence-corrected chi connectivity index (χ0v) is 13.2. The summed E-state index contributed by atoms with van der Waals surface area (Å²) < 4.78 is 17.0. The first-order valence-electron chi connectivity index (χ1n) is 8.04. The quantitative estimate of drug-likeness (QED) is 0.759. The summed E-state index contributed by atoms with van der Waals surface area (Å²) in [4.78, 5) is 0. The van der Waals surface area contributed by atoms with Crippen LogP contribution in [-0.4, -0.2) is 32.5 Å². The molecule has 0 spiro atoms. The molecule has 1 aliphatic heterocycles. The molecule has 1 fully saturated rings. The molecule has 1 aromatic rings. The van der Waals surface area contributed by atoms with Gasteiger partial charge in [-0.25, -0.2) is 0 Å². The first kappa shape index (κ1) is 16.1. The van der Waals surface area contributed by atoms with Crippen molar-refractivity contribution in [2.45, 2.75) is 45.8 Å². The Balaban J connectivity index is 1.87. The summed E-state index contributed by atoms with van der Waals surface area (Å²) in [6, 6.07) is 6.16. The standard InChI is InChI=1S/C17H27NO3/c1-3-9-21-16-8-7-14(11-17(16)19-4-2)12-18-13-15-6-5-10-20-15/h7-8,11,15,18H,3-6,9-10,12-13H2,1-2H3. The maximum absolute atomic E-state index is 5.71. The highest BCUT2D eigenvalue weighted by Gasteiger charge is 2.14. The molecule has 0 amide bonds. The van der Waals surface area contributed by atoms with Crippen molar-refractivity contribution in [1.29, 1.82) is 0 Å². The third kappa shape index (κ3) is 5.21. The summed E-state index contributed by atoms with van der Waals surface area (Å²) in [6.45, 7) is 8.11. The van der Waals surface area contributed by atoms with Crippen LogP contribution in [-0.2, 0) is 11.3 Å². The van der Waals surface area contributed by atoms with Gasteiger partial charge in [-0.1, -0.05) is 13.0 Å². The number of hydrogen-bond donors (Lipinski definition) is 1. The van der Waals surface area contributed by atoms with Crippen LogP contribution in [0.1, 0.15) is 38.7 Å². The molecule has 0 radical (unpaired) electrons. The Morgan fingerprint density at radius 2 is 2.14 bits per heavy atom. The minimum Gasteiger partial charge on any atom is -0.490 e. The average molecular weight is 293 g/mol. The molecule has 118 valence electrons. The van der Waals surface area contributed by atoms with Crippen molar-refractivity contribution in [3.8, 4) is 11.5 Å². The van der Waals surface area contributed by atoms with Crippen molar-refractivity contribution in [3.63, 3.8) is 0 Å². The predicted molar refractivity (Wildman–Crippen MR) is 84.1 cm³/mol. The van der Waals surface area contributed by atoms with E-state index < -0.39 is 0 Å². The van der Waals surface area contributed by atoms with E-state index in [4.69, 9.17) is 14.2 Å². The monoisotopic (exact) mass is 293 g/mol. The van der Waals surface area contributed by atoms with Gasteiger partial charge in [0.2, 0.25) is 0 Å². The molecule has 2 rings (SSSR count). The molecule has 1 unspecified atom stereocenters. The maximum atomic E-state index is 5.71. The largest absolute Gasteiger partial charge is 0.490 e. The highest BCUT2D eigenvalue weighted by atomic mass is 16.5. The first-order valence-corrected chi connectivity index (χ1v) is 8.04. The zero-order chi connectivity index (χ0) is 14.9. The number of hydrogen-bond acceptors (Lipinski definition) is 4. The number of rotatable bonds is 9. The summed E-state index contributed by atoms with van der Waals surface area (Å²) in [5.74, 6) is 1.67. The second-order valence-electron chi connectivity index (χ2n) is 5.33. The van der Waals surface area contributed by atoms with Crippen molar-refractivity contribution >= 4 is 0 Å². The molecule has 0 aromatic heterocycles. The topological polar surface area (TPSA) is 39.7 Å². The van der Waals surface area contributed by atoms with E-state index in [-0.39, 0.29) is 0 Å². The predicted octanol–water partition coefficient (Wildman–Crippen LogP) is 3.14. The van der Waals surface area contributed by atoms with Crippen LogP contribution in [0.25, 0.3) is 0 Å². The van der Waals surface area contributed by atoms with Crippen molar-refractivity contribution in [3.05, 3.63) is 23.8 Å². The van der Waals surface area contributed by atoms with Crippen LogP contribution in [0.15, 0.2) is 18.2 Å². The summed E-state index contributed by atoms with van der Waals surface area (Å²) in [6.07, 6.45) is 3.73. The second kappa shape index (κ2) is 8.90. The zero-order valence-electron chi connectivity index (χ0n) is 13.2. The number of benzene rings is 1. The fourth-order valence-electron chi connectivity index (χ4n) is 2.44. The van der Waals surface area contributed by atoms with E-state index in [0.717, 1.165) is 44.2 Å². The molecule has 0 saturated carbocycles. The third-order valence-electron chi connectivity index (χ3n) is 3.49. The molecule has 0 bridgehead atoms. The van der Waals surface area contributed by atoms with E-state index in [0.29, 0.717) is 12.7 Å². The maximum Gasteiger partial charge on any atom is 0.161 e. The minimum absolute atomic E-state index is 0.378. The van der Waals surface area contributed by atoms with Crippen molar-refractivity contribution in [1.82, 2.24) is 5.32 Å². The highest BCUT2D eigenvalue weighted by Crippen LogP contribution is 2.28. The van der Waals surface area contributed by atoms with Crippen LogP contribution >= 0.6 is 0 Å². The molecule has 1 atom stereocenters. The van der Waals surface area contributed by atoms with Crippen molar-refractivity contribution in [2.75, 3.05) is 26.4 Å². The summed E-state index contributed by atoms with van der Waals surface area (Å²) >= 11 is 0. The van der Waals surface area contributed by atoms with E-state index >= 15 is 0 Å².